The number of rotatable bonds is 6. The van der Waals surface area contributed by atoms with Gasteiger partial charge in [0, 0.05) is 5.92 Å². The highest BCUT2D eigenvalue weighted by Gasteiger charge is 2.36. The number of thiophene rings is 1. The van der Waals surface area contributed by atoms with Gasteiger partial charge in [-0.2, -0.15) is 11.3 Å². The van der Waals surface area contributed by atoms with Crippen LogP contribution in [0.1, 0.15) is 36.3 Å². The van der Waals surface area contributed by atoms with Crippen LogP contribution < -0.4 is 5.32 Å². The van der Waals surface area contributed by atoms with E-state index < -0.39 is 0 Å². The molecule has 2 atom stereocenters. The first-order chi connectivity index (χ1) is 8.83. The van der Waals surface area contributed by atoms with Crippen LogP contribution in [0, 0.1) is 5.92 Å². The molecule has 3 heteroatoms. The molecule has 2 unspecified atom stereocenters. The predicted molar refractivity (Wildman–Crippen MR) is 75.0 cm³/mol. The molecule has 1 aliphatic carbocycles. The lowest BCUT2D eigenvalue weighted by molar-refractivity contribution is 0.445. The van der Waals surface area contributed by atoms with Gasteiger partial charge in [0.15, 0.2) is 0 Å². The Morgan fingerprint density at radius 2 is 2.28 bits per heavy atom. The smallest absolute Gasteiger partial charge is 0.117 e. The van der Waals surface area contributed by atoms with Gasteiger partial charge in [-0.1, -0.05) is 6.92 Å². The molecule has 3 rings (SSSR count). The molecule has 0 aromatic carbocycles. The Kier molecular flexibility index (Phi) is 3.52. The Morgan fingerprint density at radius 3 is 3.00 bits per heavy atom. The highest BCUT2D eigenvalue weighted by molar-refractivity contribution is 7.07. The molecule has 2 aromatic rings. The normalized spacial score (nSPS) is 22.3. The third kappa shape index (κ3) is 2.85. The summed E-state index contributed by atoms with van der Waals surface area (Å²) >= 11 is 1.76. The Labute approximate surface area is 112 Å². The van der Waals surface area contributed by atoms with Crippen molar-refractivity contribution in [1.82, 2.24) is 5.32 Å². The number of furan rings is 1. The van der Waals surface area contributed by atoms with Gasteiger partial charge in [-0.15, -0.1) is 0 Å². The first-order valence-electron chi connectivity index (χ1n) is 6.63. The second kappa shape index (κ2) is 5.29. The molecule has 1 N–H and O–H groups in total. The van der Waals surface area contributed by atoms with Gasteiger partial charge in [-0.05, 0) is 59.8 Å². The first kappa shape index (κ1) is 12.0. The van der Waals surface area contributed by atoms with Crippen LogP contribution in [-0.2, 0) is 13.0 Å². The zero-order valence-corrected chi connectivity index (χ0v) is 11.5. The molecular formula is C15H19NOS. The van der Waals surface area contributed by atoms with Gasteiger partial charge in [-0.25, -0.2) is 0 Å². The summed E-state index contributed by atoms with van der Waals surface area (Å²) in [6, 6.07) is 6.44. The minimum absolute atomic E-state index is 0.685. The van der Waals surface area contributed by atoms with E-state index in [1.54, 1.807) is 11.3 Å². The molecule has 1 fully saturated rings. The monoisotopic (exact) mass is 261 g/mol. The lowest BCUT2D eigenvalue weighted by Gasteiger charge is -2.01. The summed E-state index contributed by atoms with van der Waals surface area (Å²) in [7, 11) is 0. The number of nitrogens with one attached hydrogen (secondary N) is 1. The second-order valence-electron chi connectivity index (χ2n) is 5.18. The van der Waals surface area contributed by atoms with Crippen LogP contribution in [0.25, 0.3) is 0 Å². The van der Waals surface area contributed by atoms with E-state index in [1.807, 2.05) is 0 Å². The van der Waals surface area contributed by atoms with Gasteiger partial charge in [0.25, 0.3) is 0 Å². The van der Waals surface area contributed by atoms with Crippen LogP contribution in [0.5, 0.6) is 0 Å². The molecular weight excluding hydrogens is 242 g/mol. The predicted octanol–water partition coefficient (Wildman–Crippen LogP) is 3.80. The van der Waals surface area contributed by atoms with E-state index in [4.69, 9.17) is 4.42 Å². The Morgan fingerprint density at radius 1 is 1.39 bits per heavy atom. The van der Waals surface area contributed by atoms with Gasteiger partial charge < -0.3 is 9.73 Å². The highest BCUT2D eigenvalue weighted by Crippen LogP contribution is 2.47. The summed E-state index contributed by atoms with van der Waals surface area (Å²) in [5.41, 5.74) is 1.42. The average Bonchev–Trinajstić information content (AvgIpc) is 2.86. The fourth-order valence-corrected chi connectivity index (χ4v) is 2.99. The van der Waals surface area contributed by atoms with Crippen molar-refractivity contribution >= 4 is 11.3 Å². The summed E-state index contributed by atoms with van der Waals surface area (Å²) in [6.07, 6.45) is 2.38. The Hall–Kier alpha value is -1.06. The Balaban J connectivity index is 1.41. The van der Waals surface area contributed by atoms with Crippen molar-refractivity contribution in [3.63, 3.8) is 0 Å². The lowest BCUT2D eigenvalue weighted by Crippen LogP contribution is -2.15. The molecule has 2 aromatic heterocycles. The van der Waals surface area contributed by atoms with Crippen LogP contribution in [-0.4, -0.2) is 6.54 Å². The summed E-state index contributed by atoms with van der Waals surface area (Å²) in [5, 5.41) is 7.77. The highest BCUT2D eigenvalue weighted by atomic mass is 32.1. The van der Waals surface area contributed by atoms with E-state index in [9.17, 15) is 0 Å². The van der Waals surface area contributed by atoms with Gasteiger partial charge in [-0.3, -0.25) is 0 Å². The maximum absolute atomic E-state index is 5.85. The third-order valence-corrected chi connectivity index (χ3v) is 4.36. The third-order valence-electron chi connectivity index (χ3n) is 3.63. The number of hydrogen-bond acceptors (Lipinski definition) is 3. The van der Waals surface area contributed by atoms with Crippen molar-refractivity contribution < 1.29 is 4.42 Å². The van der Waals surface area contributed by atoms with Crippen molar-refractivity contribution in [2.75, 3.05) is 6.54 Å². The Bertz CT molecular complexity index is 488. The van der Waals surface area contributed by atoms with E-state index in [1.165, 1.54) is 17.7 Å². The minimum Gasteiger partial charge on any atom is -0.464 e. The molecule has 2 nitrogen and oxygen atoms in total. The van der Waals surface area contributed by atoms with E-state index in [2.05, 4.69) is 41.2 Å². The number of hydrogen-bond donors (Lipinski definition) is 1. The van der Waals surface area contributed by atoms with E-state index in [-0.39, 0.29) is 0 Å². The molecule has 18 heavy (non-hydrogen) atoms. The van der Waals surface area contributed by atoms with Crippen LogP contribution >= 0.6 is 11.3 Å². The van der Waals surface area contributed by atoms with Crippen molar-refractivity contribution in [2.24, 2.45) is 5.92 Å². The van der Waals surface area contributed by atoms with Crippen LogP contribution in [0.4, 0.5) is 0 Å². The molecule has 0 bridgehead atoms. The summed E-state index contributed by atoms with van der Waals surface area (Å²) in [6.45, 7) is 4.13. The zero-order chi connectivity index (χ0) is 12.4. The molecule has 0 amide bonds. The van der Waals surface area contributed by atoms with E-state index >= 15 is 0 Å². The standard InChI is InChI=1S/C15H19NOS/c1-11-8-14(11)15-3-2-13(17-15)9-16-6-4-12-5-7-18-10-12/h2-3,5,7,10-11,14,16H,4,6,8-9H2,1H3. The van der Waals surface area contributed by atoms with Gasteiger partial charge >= 0.3 is 0 Å². The maximum atomic E-state index is 5.85. The van der Waals surface area contributed by atoms with E-state index in [0.717, 1.165) is 31.2 Å². The molecule has 2 heterocycles. The topological polar surface area (TPSA) is 25.2 Å². The van der Waals surface area contributed by atoms with Crippen molar-refractivity contribution in [3.05, 3.63) is 46.0 Å². The minimum atomic E-state index is 0.685. The molecule has 0 radical (unpaired) electrons. The largest absolute Gasteiger partial charge is 0.464 e. The maximum Gasteiger partial charge on any atom is 0.117 e. The zero-order valence-electron chi connectivity index (χ0n) is 10.7. The van der Waals surface area contributed by atoms with Gasteiger partial charge in [0.2, 0.25) is 0 Å². The SMILES string of the molecule is CC1CC1c1ccc(CNCCc2ccsc2)o1. The molecule has 96 valence electrons. The molecule has 0 aliphatic heterocycles. The van der Waals surface area contributed by atoms with E-state index in [0.29, 0.717) is 5.92 Å². The fraction of sp³-hybridized carbons (Fsp3) is 0.467. The molecule has 1 saturated carbocycles. The molecule has 0 saturated heterocycles. The van der Waals surface area contributed by atoms with Crippen molar-refractivity contribution in [1.29, 1.82) is 0 Å². The summed E-state index contributed by atoms with van der Waals surface area (Å²) < 4.78 is 5.85. The average molecular weight is 261 g/mol. The van der Waals surface area contributed by atoms with Crippen LogP contribution in [0.2, 0.25) is 0 Å². The van der Waals surface area contributed by atoms with Crippen molar-refractivity contribution in [2.45, 2.75) is 32.2 Å². The van der Waals surface area contributed by atoms with Gasteiger partial charge in [0.1, 0.15) is 11.5 Å². The summed E-state index contributed by atoms with van der Waals surface area (Å²) in [5.74, 6) is 3.74. The first-order valence-corrected chi connectivity index (χ1v) is 7.57. The summed E-state index contributed by atoms with van der Waals surface area (Å²) in [4.78, 5) is 0. The van der Waals surface area contributed by atoms with Crippen LogP contribution in [0.15, 0.2) is 33.4 Å². The quantitative estimate of drug-likeness (QED) is 0.800. The van der Waals surface area contributed by atoms with Crippen LogP contribution in [0.3, 0.4) is 0 Å². The lowest BCUT2D eigenvalue weighted by atomic mass is 10.2. The molecule has 1 aliphatic rings. The van der Waals surface area contributed by atoms with Crippen molar-refractivity contribution in [3.8, 4) is 0 Å². The fourth-order valence-electron chi connectivity index (χ4n) is 2.29. The van der Waals surface area contributed by atoms with Gasteiger partial charge in [0.05, 0.1) is 6.54 Å². The second-order valence-corrected chi connectivity index (χ2v) is 5.96. The molecule has 0 spiro atoms.